The number of nitrogens with one attached hydrogen (secondary N) is 1. The lowest BCUT2D eigenvalue weighted by Crippen LogP contribution is -2.46. The molecule has 0 spiro atoms. The van der Waals surface area contributed by atoms with Crippen molar-refractivity contribution in [2.75, 3.05) is 33.3 Å². The van der Waals surface area contributed by atoms with Crippen molar-refractivity contribution in [2.45, 2.75) is 4.90 Å². The maximum atomic E-state index is 13.8. The number of nitrogens with zero attached hydrogens (tertiary/aromatic N) is 2. The number of benzene rings is 1. The van der Waals surface area contributed by atoms with Gasteiger partial charge in [-0.15, -0.1) is 0 Å². The minimum atomic E-state index is -3.97. The smallest absolute Gasteiger partial charge is 0.315 e. The molecule has 0 aromatic heterocycles. The Balaban J connectivity index is 2.51. The van der Waals surface area contributed by atoms with Crippen molar-refractivity contribution in [1.29, 1.82) is 0 Å². The standard InChI is InChI=1S/C11H14FN3O5S/c1-20-11-9(12)6-8(7-10(11)15(16)17)21(18,19)14-4-2-13-3-5-14/h6-7,13H,2-5H2,1H3. The molecule has 1 aromatic carbocycles. The minimum Gasteiger partial charge on any atom is -0.488 e. The van der Waals surface area contributed by atoms with Crippen LogP contribution in [0.25, 0.3) is 0 Å². The lowest BCUT2D eigenvalue weighted by molar-refractivity contribution is -0.386. The highest BCUT2D eigenvalue weighted by atomic mass is 32.2. The van der Waals surface area contributed by atoms with Gasteiger partial charge in [0.25, 0.3) is 0 Å². The molecule has 0 atom stereocenters. The first-order valence-electron chi connectivity index (χ1n) is 6.10. The van der Waals surface area contributed by atoms with Crippen LogP contribution in [0.15, 0.2) is 17.0 Å². The molecule has 1 N–H and O–H groups in total. The van der Waals surface area contributed by atoms with E-state index in [4.69, 9.17) is 0 Å². The number of methoxy groups -OCH3 is 1. The molecule has 0 unspecified atom stereocenters. The third-order valence-corrected chi connectivity index (χ3v) is 4.99. The second-order valence-electron chi connectivity index (χ2n) is 4.37. The van der Waals surface area contributed by atoms with E-state index in [1.165, 1.54) is 0 Å². The van der Waals surface area contributed by atoms with Gasteiger partial charge in [-0.3, -0.25) is 10.1 Å². The molecule has 116 valence electrons. The molecule has 1 aliphatic heterocycles. The van der Waals surface area contributed by atoms with Gasteiger partial charge in [-0.1, -0.05) is 0 Å². The minimum absolute atomic E-state index is 0.226. The van der Waals surface area contributed by atoms with Crippen LogP contribution in [0, 0.1) is 15.9 Å². The van der Waals surface area contributed by atoms with E-state index in [2.05, 4.69) is 10.1 Å². The molecule has 0 aliphatic carbocycles. The summed E-state index contributed by atoms with van der Waals surface area (Å²) in [6, 6.07) is 1.56. The molecule has 1 aliphatic rings. The highest BCUT2D eigenvalue weighted by molar-refractivity contribution is 7.89. The van der Waals surface area contributed by atoms with Crippen LogP contribution in [-0.4, -0.2) is 50.9 Å². The third-order valence-electron chi connectivity index (χ3n) is 3.11. The van der Waals surface area contributed by atoms with E-state index in [9.17, 15) is 22.9 Å². The fourth-order valence-corrected chi connectivity index (χ4v) is 3.55. The van der Waals surface area contributed by atoms with Crippen LogP contribution in [0.5, 0.6) is 5.75 Å². The summed E-state index contributed by atoms with van der Waals surface area (Å²) < 4.78 is 44.4. The molecule has 21 heavy (non-hydrogen) atoms. The maximum Gasteiger partial charge on any atom is 0.315 e. The van der Waals surface area contributed by atoms with Crippen LogP contribution in [0.1, 0.15) is 0 Å². The average molecular weight is 319 g/mol. The van der Waals surface area contributed by atoms with Gasteiger partial charge in [0.2, 0.25) is 15.8 Å². The van der Waals surface area contributed by atoms with Crippen LogP contribution < -0.4 is 10.1 Å². The molecule has 1 heterocycles. The van der Waals surface area contributed by atoms with Gasteiger partial charge in [0.15, 0.2) is 5.82 Å². The van der Waals surface area contributed by atoms with Gasteiger partial charge in [0.05, 0.1) is 16.9 Å². The molecule has 2 rings (SSSR count). The Labute approximate surface area is 120 Å². The number of ether oxygens (including phenoxy) is 1. The maximum absolute atomic E-state index is 13.8. The van der Waals surface area contributed by atoms with E-state index in [1.807, 2.05) is 0 Å². The van der Waals surface area contributed by atoms with Gasteiger partial charge in [-0.2, -0.15) is 4.31 Å². The monoisotopic (exact) mass is 319 g/mol. The fraction of sp³-hybridized carbons (Fsp3) is 0.455. The number of rotatable bonds is 4. The van der Waals surface area contributed by atoms with Gasteiger partial charge in [-0.05, 0) is 6.07 Å². The van der Waals surface area contributed by atoms with Crippen molar-refractivity contribution in [3.05, 3.63) is 28.1 Å². The van der Waals surface area contributed by atoms with Gasteiger partial charge in [0.1, 0.15) is 0 Å². The molecule has 8 nitrogen and oxygen atoms in total. The van der Waals surface area contributed by atoms with Crippen LogP contribution in [0.3, 0.4) is 0 Å². The number of nitro benzene ring substituents is 1. The number of hydrogen-bond acceptors (Lipinski definition) is 6. The zero-order valence-corrected chi connectivity index (χ0v) is 12.0. The summed E-state index contributed by atoms with van der Waals surface area (Å²) in [6.07, 6.45) is 0. The number of hydrogen-bond donors (Lipinski definition) is 1. The highest BCUT2D eigenvalue weighted by Gasteiger charge is 2.30. The first kappa shape index (κ1) is 15.6. The largest absolute Gasteiger partial charge is 0.488 e. The summed E-state index contributed by atoms with van der Waals surface area (Å²) in [5.41, 5.74) is -0.716. The van der Waals surface area contributed by atoms with E-state index < -0.39 is 37.1 Å². The van der Waals surface area contributed by atoms with E-state index in [0.29, 0.717) is 13.1 Å². The lowest BCUT2D eigenvalue weighted by Gasteiger charge is -2.26. The number of piperazine rings is 1. The Morgan fingerprint density at radius 3 is 2.52 bits per heavy atom. The molecule has 0 amide bonds. The molecular weight excluding hydrogens is 305 g/mol. The van der Waals surface area contributed by atoms with Crippen LogP contribution in [0.4, 0.5) is 10.1 Å². The Morgan fingerprint density at radius 1 is 1.38 bits per heavy atom. The molecule has 1 saturated heterocycles. The van der Waals surface area contributed by atoms with Gasteiger partial charge >= 0.3 is 5.69 Å². The molecule has 10 heteroatoms. The molecule has 1 aromatic rings. The average Bonchev–Trinajstić information content (AvgIpc) is 2.47. The lowest BCUT2D eigenvalue weighted by atomic mass is 10.3. The SMILES string of the molecule is COc1c(F)cc(S(=O)(=O)N2CCNCC2)cc1[N+](=O)[O-]. The number of sulfonamides is 1. The van der Waals surface area contributed by atoms with Crippen molar-refractivity contribution in [3.63, 3.8) is 0 Å². The fourth-order valence-electron chi connectivity index (χ4n) is 2.08. The van der Waals surface area contributed by atoms with E-state index in [1.54, 1.807) is 0 Å². The summed E-state index contributed by atoms with van der Waals surface area (Å²) in [5, 5.41) is 13.9. The van der Waals surface area contributed by atoms with Crippen molar-refractivity contribution in [2.24, 2.45) is 0 Å². The van der Waals surface area contributed by atoms with Gasteiger partial charge in [0, 0.05) is 32.2 Å². The Morgan fingerprint density at radius 2 is 2.00 bits per heavy atom. The van der Waals surface area contributed by atoms with Gasteiger partial charge < -0.3 is 10.1 Å². The summed E-state index contributed by atoms with van der Waals surface area (Å²) >= 11 is 0. The van der Waals surface area contributed by atoms with Crippen molar-refractivity contribution >= 4 is 15.7 Å². The second kappa shape index (κ2) is 5.92. The Bertz CT molecular complexity index is 658. The topological polar surface area (TPSA) is 102 Å². The second-order valence-corrected chi connectivity index (χ2v) is 6.31. The summed E-state index contributed by atoms with van der Waals surface area (Å²) in [7, 11) is -2.89. The number of nitro groups is 1. The van der Waals surface area contributed by atoms with Crippen molar-refractivity contribution in [1.82, 2.24) is 9.62 Å². The van der Waals surface area contributed by atoms with Crippen LogP contribution in [-0.2, 0) is 10.0 Å². The Kier molecular flexibility index (Phi) is 4.40. The van der Waals surface area contributed by atoms with E-state index >= 15 is 0 Å². The van der Waals surface area contributed by atoms with Crippen molar-refractivity contribution in [3.8, 4) is 5.75 Å². The highest BCUT2D eigenvalue weighted by Crippen LogP contribution is 2.33. The molecular formula is C11H14FN3O5S. The summed E-state index contributed by atoms with van der Waals surface area (Å²) in [4.78, 5) is 9.60. The quantitative estimate of drug-likeness (QED) is 0.634. The third kappa shape index (κ3) is 2.96. The van der Waals surface area contributed by atoms with Gasteiger partial charge in [-0.25, -0.2) is 12.8 Å². The van der Waals surface area contributed by atoms with Crippen LogP contribution in [0.2, 0.25) is 0 Å². The van der Waals surface area contributed by atoms with E-state index in [0.717, 1.165) is 23.5 Å². The normalized spacial score (nSPS) is 16.7. The van der Waals surface area contributed by atoms with Crippen molar-refractivity contribution < 1.29 is 22.5 Å². The summed E-state index contributed by atoms with van der Waals surface area (Å²) in [5.74, 6) is -1.67. The summed E-state index contributed by atoms with van der Waals surface area (Å²) in [6.45, 7) is 1.40. The number of halogens is 1. The molecule has 1 fully saturated rings. The molecule has 0 saturated carbocycles. The van der Waals surface area contributed by atoms with E-state index in [-0.39, 0.29) is 13.1 Å². The zero-order chi connectivity index (χ0) is 15.6. The predicted molar refractivity (Wildman–Crippen MR) is 71.2 cm³/mol. The Hall–Kier alpha value is -1.78. The first-order valence-corrected chi connectivity index (χ1v) is 7.54. The predicted octanol–water partition coefficient (Wildman–Crippen LogP) is 0.336. The molecule has 0 radical (unpaired) electrons. The zero-order valence-electron chi connectivity index (χ0n) is 11.2. The molecule has 0 bridgehead atoms. The van der Waals surface area contributed by atoms with Crippen LogP contribution >= 0.6 is 0 Å². The first-order chi connectivity index (χ1) is 9.87.